The zero-order valence-corrected chi connectivity index (χ0v) is 18.4. The number of aromatic nitrogens is 1. The Morgan fingerprint density at radius 2 is 1.91 bits per heavy atom. The van der Waals surface area contributed by atoms with Crippen LogP contribution in [0.2, 0.25) is 0 Å². The number of carboxylic acid groups (broad SMARTS) is 1. The zero-order chi connectivity index (χ0) is 23.7. The molecule has 32 heavy (non-hydrogen) atoms. The van der Waals surface area contributed by atoms with Gasteiger partial charge in [0.15, 0.2) is 0 Å². The fraction of sp³-hybridized carbons (Fsp3) is 0.429. The quantitative estimate of drug-likeness (QED) is 0.696. The molecule has 7 nitrogen and oxygen atoms in total. The number of carboxylic acids is 1. The van der Waals surface area contributed by atoms with Crippen molar-refractivity contribution in [2.75, 3.05) is 24.5 Å². The molecule has 1 atom stereocenters. The summed E-state index contributed by atoms with van der Waals surface area (Å²) in [4.78, 5) is 16.9. The first kappa shape index (κ1) is 24.0. The van der Waals surface area contributed by atoms with Gasteiger partial charge in [-0.2, -0.15) is 17.5 Å². The Labute approximate surface area is 184 Å². The minimum absolute atomic E-state index is 0.0271. The lowest BCUT2D eigenvalue weighted by molar-refractivity contribution is -0.138. The second kappa shape index (κ2) is 9.07. The summed E-state index contributed by atoms with van der Waals surface area (Å²) in [7, 11) is -3.87. The van der Waals surface area contributed by atoms with Crippen molar-refractivity contribution in [3.63, 3.8) is 0 Å². The highest BCUT2D eigenvalue weighted by Gasteiger charge is 2.34. The molecule has 1 saturated heterocycles. The van der Waals surface area contributed by atoms with Gasteiger partial charge in [-0.25, -0.2) is 13.4 Å². The summed E-state index contributed by atoms with van der Waals surface area (Å²) in [5, 5.41) is 9.13. The summed E-state index contributed by atoms with van der Waals surface area (Å²) in [5.41, 5.74) is 0.391. The zero-order valence-electron chi connectivity index (χ0n) is 17.6. The largest absolute Gasteiger partial charge is 0.481 e. The molecule has 1 aliphatic heterocycles. The lowest BCUT2D eigenvalue weighted by Gasteiger charge is -2.40. The Morgan fingerprint density at radius 3 is 2.44 bits per heavy atom. The first-order valence-corrected chi connectivity index (χ1v) is 11.5. The molecule has 1 fully saturated rings. The maximum absolute atomic E-state index is 13.2. The first-order chi connectivity index (χ1) is 14.9. The maximum Gasteiger partial charge on any atom is 0.417 e. The number of aryl methyl sites for hydroxylation is 1. The van der Waals surface area contributed by atoms with Crippen molar-refractivity contribution < 1.29 is 31.5 Å². The minimum Gasteiger partial charge on any atom is -0.481 e. The number of anilines is 1. The molecule has 0 bridgehead atoms. The van der Waals surface area contributed by atoms with Crippen molar-refractivity contribution in [1.29, 1.82) is 0 Å². The molecule has 0 aliphatic carbocycles. The molecule has 11 heteroatoms. The molecular formula is C21H24F3N3O4S. The molecule has 2 aromatic rings. The Morgan fingerprint density at radius 1 is 1.19 bits per heavy atom. The molecule has 1 unspecified atom stereocenters. The molecule has 1 aliphatic rings. The number of halogens is 3. The number of hydrogen-bond donors (Lipinski definition) is 1. The van der Waals surface area contributed by atoms with Gasteiger partial charge >= 0.3 is 12.1 Å². The molecule has 1 aromatic heterocycles. The highest BCUT2D eigenvalue weighted by Crippen LogP contribution is 2.30. The molecular weight excluding hydrogens is 447 g/mol. The molecule has 0 amide bonds. The van der Waals surface area contributed by atoms with E-state index in [9.17, 15) is 26.4 Å². The number of alkyl halides is 3. The smallest absolute Gasteiger partial charge is 0.417 e. The maximum atomic E-state index is 13.2. The van der Waals surface area contributed by atoms with Crippen LogP contribution < -0.4 is 4.90 Å². The number of nitrogens with zero attached hydrogens (tertiary/aromatic N) is 3. The number of benzene rings is 1. The SMILES string of the molecule is CCc1ccc(S(=O)(=O)N2CCN(c3ccc(C(F)(F)F)cn3)C(C)C2)cc1CC(=O)O. The molecule has 0 radical (unpaired) electrons. The Hall–Kier alpha value is -2.66. The monoisotopic (exact) mass is 471 g/mol. The van der Waals surface area contributed by atoms with E-state index in [0.29, 0.717) is 17.8 Å². The van der Waals surface area contributed by atoms with Crippen LogP contribution in [0, 0.1) is 0 Å². The van der Waals surface area contributed by atoms with Crippen LogP contribution in [-0.4, -0.2) is 54.5 Å². The van der Waals surface area contributed by atoms with Crippen LogP contribution in [0.15, 0.2) is 41.4 Å². The van der Waals surface area contributed by atoms with Gasteiger partial charge in [0.05, 0.1) is 16.9 Å². The van der Waals surface area contributed by atoms with Gasteiger partial charge in [0.1, 0.15) is 5.82 Å². The molecule has 3 rings (SSSR count). The molecule has 0 saturated carbocycles. The van der Waals surface area contributed by atoms with Gasteiger partial charge in [-0.3, -0.25) is 4.79 Å². The average molecular weight is 472 g/mol. The van der Waals surface area contributed by atoms with Crippen molar-refractivity contribution in [2.45, 2.75) is 43.8 Å². The van der Waals surface area contributed by atoms with Crippen molar-refractivity contribution in [3.8, 4) is 0 Å². The van der Waals surface area contributed by atoms with Crippen LogP contribution in [-0.2, 0) is 33.8 Å². The molecule has 0 spiro atoms. The number of rotatable bonds is 6. The normalized spacial score (nSPS) is 18.0. The highest BCUT2D eigenvalue weighted by molar-refractivity contribution is 7.89. The standard InChI is InChI=1S/C21H24F3N3O4S/c1-3-15-4-6-18(10-16(15)11-20(28)29)32(30,31)26-8-9-27(14(2)13-26)19-7-5-17(12-25-19)21(22,23)24/h4-7,10,12,14H,3,8-9,11,13H2,1-2H3,(H,28,29). The van der Waals surface area contributed by atoms with Gasteiger partial charge in [-0.05, 0) is 48.7 Å². The summed E-state index contributed by atoms with van der Waals surface area (Å²) >= 11 is 0. The third-order valence-corrected chi connectivity index (χ3v) is 7.36. The lowest BCUT2D eigenvalue weighted by atomic mass is 10.0. The van der Waals surface area contributed by atoms with E-state index in [1.165, 1.54) is 22.5 Å². The molecule has 1 aromatic carbocycles. The third-order valence-electron chi connectivity index (χ3n) is 5.50. The second-order valence-corrected chi connectivity index (χ2v) is 9.60. The van der Waals surface area contributed by atoms with E-state index in [4.69, 9.17) is 5.11 Å². The van der Waals surface area contributed by atoms with E-state index < -0.39 is 27.7 Å². The summed E-state index contributed by atoms with van der Waals surface area (Å²) in [6.45, 7) is 4.14. The number of aliphatic carboxylic acids is 1. The van der Waals surface area contributed by atoms with Crippen LogP contribution in [0.4, 0.5) is 19.0 Å². The number of pyridine rings is 1. The Kier molecular flexibility index (Phi) is 6.80. The van der Waals surface area contributed by atoms with Crippen LogP contribution in [0.1, 0.15) is 30.5 Å². The van der Waals surface area contributed by atoms with Crippen LogP contribution in [0.25, 0.3) is 0 Å². The predicted octanol–water partition coefficient (Wildman–Crippen LogP) is 3.19. The van der Waals surface area contributed by atoms with Crippen molar-refractivity contribution in [2.24, 2.45) is 0 Å². The summed E-state index contributed by atoms with van der Waals surface area (Å²) in [5.74, 6) is -0.695. The van der Waals surface area contributed by atoms with Gasteiger partial charge in [0.2, 0.25) is 10.0 Å². The van der Waals surface area contributed by atoms with E-state index in [1.807, 2.05) is 6.92 Å². The summed E-state index contributed by atoms with van der Waals surface area (Å²) < 4.78 is 66.0. The first-order valence-electron chi connectivity index (χ1n) is 10.1. The third kappa shape index (κ3) is 5.04. The number of carbonyl (C=O) groups is 1. The summed E-state index contributed by atoms with van der Waals surface area (Å²) in [6, 6.07) is 6.45. The van der Waals surface area contributed by atoms with E-state index in [0.717, 1.165) is 17.8 Å². The van der Waals surface area contributed by atoms with Gasteiger partial charge in [-0.1, -0.05) is 13.0 Å². The van der Waals surface area contributed by atoms with Gasteiger partial charge < -0.3 is 10.0 Å². The Bertz CT molecular complexity index is 1090. The molecule has 174 valence electrons. The minimum atomic E-state index is -4.48. The fourth-order valence-electron chi connectivity index (χ4n) is 3.79. The molecule has 2 heterocycles. The highest BCUT2D eigenvalue weighted by atomic mass is 32.2. The molecule has 1 N–H and O–H groups in total. The van der Waals surface area contributed by atoms with E-state index >= 15 is 0 Å². The second-order valence-electron chi connectivity index (χ2n) is 7.66. The van der Waals surface area contributed by atoms with E-state index in [2.05, 4.69) is 4.98 Å². The van der Waals surface area contributed by atoms with Crippen LogP contribution in [0.3, 0.4) is 0 Å². The number of piperazine rings is 1. The van der Waals surface area contributed by atoms with Gasteiger partial charge in [-0.15, -0.1) is 0 Å². The topological polar surface area (TPSA) is 90.8 Å². The van der Waals surface area contributed by atoms with Crippen molar-refractivity contribution in [3.05, 3.63) is 53.2 Å². The van der Waals surface area contributed by atoms with E-state index in [-0.39, 0.29) is 37.0 Å². The van der Waals surface area contributed by atoms with Gasteiger partial charge in [0.25, 0.3) is 0 Å². The van der Waals surface area contributed by atoms with Crippen LogP contribution in [0.5, 0.6) is 0 Å². The van der Waals surface area contributed by atoms with Gasteiger partial charge in [0, 0.05) is 31.9 Å². The lowest BCUT2D eigenvalue weighted by Crippen LogP contribution is -2.53. The van der Waals surface area contributed by atoms with Crippen LogP contribution >= 0.6 is 0 Å². The number of hydrogen-bond acceptors (Lipinski definition) is 5. The van der Waals surface area contributed by atoms with Crippen molar-refractivity contribution in [1.82, 2.24) is 9.29 Å². The Balaban J connectivity index is 1.79. The summed E-state index contributed by atoms with van der Waals surface area (Å²) in [6.07, 6.45) is -3.39. The average Bonchev–Trinajstić information content (AvgIpc) is 2.72. The van der Waals surface area contributed by atoms with Crippen molar-refractivity contribution >= 4 is 21.8 Å². The van der Waals surface area contributed by atoms with E-state index in [1.54, 1.807) is 17.9 Å². The number of sulfonamides is 1. The fourth-order valence-corrected chi connectivity index (χ4v) is 5.35. The predicted molar refractivity (Wildman–Crippen MR) is 112 cm³/mol.